The van der Waals surface area contributed by atoms with Crippen LogP contribution < -0.4 is 5.32 Å². The minimum absolute atomic E-state index is 0.0179. The summed E-state index contributed by atoms with van der Waals surface area (Å²) in [7, 11) is 0. The molecule has 7 rings (SSSR count). The van der Waals surface area contributed by atoms with Gasteiger partial charge in [0.1, 0.15) is 0 Å². The van der Waals surface area contributed by atoms with Gasteiger partial charge in [0.05, 0.1) is 22.4 Å². The third kappa shape index (κ3) is 2.83. The quantitative estimate of drug-likeness (QED) is 0.285. The van der Waals surface area contributed by atoms with Crippen LogP contribution in [0.4, 0.5) is 11.4 Å². The minimum atomic E-state index is -0.0179. The Kier molecular flexibility index (Phi) is 4.22. The lowest BCUT2D eigenvalue weighted by molar-refractivity contribution is 0.660. The van der Waals surface area contributed by atoms with Gasteiger partial charge in [0.2, 0.25) is 0 Å². The van der Waals surface area contributed by atoms with Crippen LogP contribution in [0.15, 0.2) is 115 Å². The van der Waals surface area contributed by atoms with Crippen LogP contribution in [0.25, 0.3) is 38.6 Å². The third-order valence-corrected chi connectivity index (χ3v) is 7.60. The van der Waals surface area contributed by atoms with Crippen molar-refractivity contribution in [3.63, 3.8) is 0 Å². The highest BCUT2D eigenvalue weighted by atomic mass is 15.0. The molecule has 0 atom stereocenters. The molecule has 168 valence electrons. The molecule has 35 heavy (non-hydrogen) atoms. The van der Waals surface area contributed by atoms with E-state index in [0.717, 1.165) is 17.1 Å². The maximum absolute atomic E-state index is 3.85. The smallest absolute Gasteiger partial charge is 0.0697 e. The summed E-state index contributed by atoms with van der Waals surface area (Å²) in [6.45, 7) is 4.65. The number of fused-ring (bicyclic) bond motifs is 6. The van der Waals surface area contributed by atoms with Gasteiger partial charge in [0, 0.05) is 27.4 Å². The van der Waals surface area contributed by atoms with Gasteiger partial charge < -0.3 is 9.88 Å². The number of hydrogen-bond acceptors (Lipinski definition) is 1. The van der Waals surface area contributed by atoms with Crippen molar-refractivity contribution in [3.8, 4) is 16.8 Å². The number of rotatable bonds is 3. The second kappa shape index (κ2) is 7.35. The number of benzene rings is 5. The van der Waals surface area contributed by atoms with Crippen molar-refractivity contribution in [3.05, 3.63) is 126 Å². The largest absolute Gasteiger partial charge is 0.353 e. The first-order chi connectivity index (χ1) is 17.1. The molecule has 0 radical (unpaired) electrons. The molecule has 0 saturated carbocycles. The van der Waals surface area contributed by atoms with E-state index in [9.17, 15) is 0 Å². The van der Waals surface area contributed by atoms with Gasteiger partial charge in [-0.2, -0.15) is 0 Å². The summed E-state index contributed by atoms with van der Waals surface area (Å²) in [5.74, 6) is 0. The second-order valence-electron chi connectivity index (χ2n) is 9.91. The van der Waals surface area contributed by atoms with Gasteiger partial charge in [0.15, 0.2) is 0 Å². The molecule has 6 aromatic rings. The first-order valence-corrected chi connectivity index (χ1v) is 12.2. The Morgan fingerprint density at radius 2 is 1.11 bits per heavy atom. The second-order valence-corrected chi connectivity index (χ2v) is 9.91. The zero-order valence-electron chi connectivity index (χ0n) is 19.9. The highest BCUT2D eigenvalue weighted by molar-refractivity contribution is 6.09. The summed E-state index contributed by atoms with van der Waals surface area (Å²) in [6.07, 6.45) is 0. The first-order valence-electron chi connectivity index (χ1n) is 12.2. The Balaban J connectivity index is 1.45. The predicted molar refractivity (Wildman–Crippen MR) is 148 cm³/mol. The van der Waals surface area contributed by atoms with Crippen LogP contribution in [-0.2, 0) is 5.41 Å². The molecule has 0 fully saturated rings. The molecule has 2 heteroatoms. The fourth-order valence-corrected chi connectivity index (χ4v) is 5.96. The number of anilines is 2. The third-order valence-electron chi connectivity index (χ3n) is 7.60. The molecule has 0 saturated heterocycles. The molecule has 2 nitrogen and oxygen atoms in total. The number of para-hydroxylation sites is 4. The maximum Gasteiger partial charge on any atom is 0.0697 e. The number of nitrogens with zero attached hydrogens (tertiary/aromatic N) is 1. The van der Waals surface area contributed by atoms with Crippen molar-refractivity contribution in [1.82, 2.24) is 4.57 Å². The van der Waals surface area contributed by atoms with E-state index >= 15 is 0 Å². The summed E-state index contributed by atoms with van der Waals surface area (Å²) in [4.78, 5) is 0. The van der Waals surface area contributed by atoms with Crippen LogP contribution in [0.1, 0.15) is 25.0 Å². The van der Waals surface area contributed by atoms with Gasteiger partial charge in [-0.05, 0) is 47.0 Å². The van der Waals surface area contributed by atoms with Crippen LogP contribution >= 0.6 is 0 Å². The standard InChI is InChI=1S/C33H26N2/c1-33(2)25-15-6-3-14-24(25)32-26(33)16-11-18-28(32)34-27-17-7-10-21-31(27)35-29-19-8-4-12-22(29)23-13-5-9-20-30(23)35/h3-21,34H,1-2H3. The number of hydrogen-bond donors (Lipinski definition) is 1. The van der Waals surface area contributed by atoms with Gasteiger partial charge in [-0.3, -0.25) is 0 Å². The van der Waals surface area contributed by atoms with Gasteiger partial charge >= 0.3 is 0 Å². The van der Waals surface area contributed by atoms with E-state index in [1.807, 2.05) is 0 Å². The van der Waals surface area contributed by atoms with Crippen LogP contribution in [-0.4, -0.2) is 4.57 Å². The van der Waals surface area contributed by atoms with Crippen molar-refractivity contribution in [2.75, 3.05) is 5.32 Å². The Labute approximate surface area is 205 Å². The molecular formula is C33H26N2. The van der Waals surface area contributed by atoms with Gasteiger partial charge in [-0.25, -0.2) is 0 Å². The molecule has 1 aromatic heterocycles. The monoisotopic (exact) mass is 450 g/mol. The van der Waals surface area contributed by atoms with Crippen molar-refractivity contribution in [1.29, 1.82) is 0 Å². The molecule has 1 aliphatic rings. The van der Waals surface area contributed by atoms with Gasteiger partial charge in [0.25, 0.3) is 0 Å². The fourth-order valence-electron chi connectivity index (χ4n) is 5.96. The van der Waals surface area contributed by atoms with Crippen molar-refractivity contribution in [2.24, 2.45) is 0 Å². The lowest BCUT2D eigenvalue weighted by Gasteiger charge is -2.22. The van der Waals surface area contributed by atoms with E-state index in [-0.39, 0.29) is 5.41 Å². The van der Waals surface area contributed by atoms with Gasteiger partial charge in [-0.1, -0.05) is 98.8 Å². The zero-order valence-corrected chi connectivity index (χ0v) is 19.9. The van der Waals surface area contributed by atoms with E-state index in [1.54, 1.807) is 0 Å². The van der Waals surface area contributed by atoms with Crippen LogP contribution in [0.2, 0.25) is 0 Å². The Hall–Kier alpha value is -4.30. The predicted octanol–water partition coefficient (Wildman–Crippen LogP) is 8.83. The van der Waals surface area contributed by atoms with Crippen LogP contribution in [0.5, 0.6) is 0 Å². The van der Waals surface area contributed by atoms with Crippen molar-refractivity contribution >= 4 is 33.2 Å². The maximum atomic E-state index is 3.85. The Morgan fingerprint density at radius 1 is 0.543 bits per heavy atom. The highest BCUT2D eigenvalue weighted by Gasteiger charge is 2.36. The SMILES string of the molecule is CC1(C)c2ccccc2-c2c(Nc3ccccc3-n3c4ccccc4c4ccccc43)cccc21. The van der Waals surface area contributed by atoms with Crippen LogP contribution in [0.3, 0.4) is 0 Å². The Bertz CT molecular complexity index is 1700. The van der Waals surface area contributed by atoms with E-state index in [1.165, 1.54) is 44.1 Å². The average Bonchev–Trinajstić information content (AvgIpc) is 3.35. The van der Waals surface area contributed by atoms with Crippen molar-refractivity contribution < 1.29 is 0 Å². The summed E-state index contributed by atoms with van der Waals surface area (Å²) in [5.41, 5.74) is 11.2. The molecule has 0 bridgehead atoms. The Morgan fingerprint density at radius 3 is 1.89 bits per heavy atom. The molecule has 1 N–H and O–H groups in total. The number of nitrogens with one attached hydrogen (secondary N) is 1. The first kappa shape index (κ1) is 20.1. The van der Waals surface area contributed by atoms with E-state index in [2.05, 4.69) is 139 Å². The average molecular weight is 451 g/mol. The lowest BCUT2D eigenvalue weighted by Crippen LogP contribution is -2.14. The van der Waals surface area contributed by atoms with E-state index in [4.69, 9.17) is 0 Å². The molecular weight excluding hydrogens is 424 g/mol. The molecule has 1 heterocycles. The summed E-state index contributed by atoms with van der Waals surface area (Å²) in [5, 5.41) is 6.39. The van der Waals surface area contributed by atoms with Crippen LogP contribution in [0, 0.1) is 0 Å². The fraction of sp³-hybridized carbons (Fsp3) is 0.0909. The lowest BCUT2D eigenvalue weighted by atomic mass is 9.82. The summed E-state index contributed by atoms with van der Waals surface area (Å²) >= 11 is 0. The summed E-state index contributed by atoms with van der Waals surface area (Å²) in [6, 6.07) is 41.5. The molecule has 5 aromatic carbocycles. The molecule has 0 amide bonds. The van der Waals surface area contributed by atoms with Crippen molar-refractivity contribution in [2.45, 2.75) is 19.3 Å². The van der Waals surface area contributed by atoms with E-state index in [0.29, 0.717) is 0 Å². The molecule has 0 spiro atoms. The highest BCUT2D eigenvalue weighted by Crippen LogP contribution is 2.51. The topological polar surface area (TPSA) is 17.0 Å². The number of aromatic nitrogens is 1. The minimum Gasteiger partial charge on any atom is -0.353 e. The van der Waals surface area contributed by atoms with Gasteiger partial charge in [-0.15, -0.1) is 0 Å². The molecule has 1 aliphatic carbocycles. The van der Waals surface area contributed by atoms with E-state index < -0.39 is 0 Å². The molecule has 0 aliphatic heterocycles. The summed E-state index contributed by atoms with van der Waals surface area (Å²) < 4.78 is 2.38. The molecule has 0 unspecified atom stereocenters. The normalized spacial score (nSPS) is 13.7. The zero-order chi connectivity index (χ0) is 23.6.